The van der Waals surface area contributed by atoms with Gasteiger partial charge in [-0.25, -0.2) is 4.39 Å². The van der Waals surface area contributed by atoms with Gasteiger partial charge in [-0.1, -0.05) is 26.0 Å². The average Bonchev–Trinajstić information content (AvgIpc) is 2.29. The molecule has 0 aromatic heterocycles. The summed E-state index contributed by atoms with van der Waals surface area (Å²) >= 11 is 0. The quantitative estimate of drug-likeness (QED) is 0.845. The summed E-state index contributed by atoms with van der Waals surface area (Å²) in [5, 5.41) is 2.86. The zero-order valence-electron chi connectivity index (χ0n) is 11.1. The molecule has 3 nitrogen and oxygen atoms in total. The summed E-state index contributed by atoms with van der Waals surface area (Å²) in [4.78, 5) is 11.7. The first-order chi connectivity index (χ1) is 8.40. The highest BCUT2D eigenvalue weighted by atomic mass is 19.1. The number of carbonyl (C=O) groups is 1. The normalized spacial score (nSPS) is 14.3. The fourth-order valence-electron chi connectivity index (χ4n) is 1.58. The van der Waals surface area contributed by atoms with Crippen molar-refractivity contribution in [3.05, 3.63) is 35.6 Å². The topological polar surface area (TPSA) is 55.1 Å². The summed E-state index contributed by atoms with van der Waals surface area (Å²) in [5.74, 6) is -0.0796. The lowest BCUT2D eigenvalue weighted by Gasteiger charge is -2.18. The maximum atomic E-state index is 12.8. The SMILES string of the molecule is CC(C)C(N)CC(=O)N[C@@H](C)c1ccc(F)cc1. The molecule has 1 rings (SSSR count). The third-order valence-corrected chi connectivity index (χ3v) is 3.02. The summed E-state index contributed by atoms with van der Waals surface area (Å²) in [7, 11) is 0. The molecule has 0 fully saturated rings. The van der Waals surface area contributed by atoms with Crippen molar-refractivity contribution in [3.8, 4) is 0 Å². The van der Waals surface area contributed by atoms with Gasteiger partial charge < -0.3 is 11.1 Å². The molecule has 18 heavy (non-hydrogen) atoms. The van der Waals surface area contributed by atoms with Gasteiger partial charge in [-0.05, 0) is 30.5 Å². The number of rotatable bonds is 5. The van der Waals surface area contributed by atoms with E-state index in [4.69, 9.17) is 5.73 Å². The van der Waals surface area contributed by atoms with Crippen molar-refractivity contribution >= 4 is 5.91 Å². The summed E-state index contributed by atoms with van der Waals surface area (Å²) < 4.78 is 12.8. The summed E-state index contributed by atoms with van der Waals surface area (Å²) in [6.45, 7) is 5.84. The highest BCUT2D eigenvalue weighted by molar-refractivity contribution is 5.77. The fourth-order valence-corrected chi connectivity index (χ4v) is 1.58. The second kappa shape index (κ2) is 6.50. The van der Waals surface area contributed by atoms with Crippen LogP contribution in [0, 0.1) is 11.7 Å². The first-order valence-electron chi connectivity index (χ1n) is 6.20. The van der Waals surface area contributed by atoms with Crippen LogP contribution in [0.3, 0.4) is 0 Å². The van der Waals surface area contributed by atoms with Gasteiger partial charge in [0.05, 0.1) is 6.04 Å². The maximum Gasteiger partial charge on any atom is 0.222 e. The zero-order chi connectivity index (χ0) is 13.7. The van der Waals surface area contributed by atoms with Gasteiger partial charge in [-0.2, -0.15) is 0 Å². The summed E-state index contributed by atoms with van der Waals surface area (Å²) in [6.07, 6.45) is 0.309. The van der Waals surface area contributed by atoms with Crippen LogP contribution in [0.5, 0.6) is 0 Å². The fraction of sp³-hybridized carbons (Fsp3) is 0.500. The molecule has 0 aliphatic carbocycles. The van der Waals surface area contributed by atoms with E-state index < -0.39 is 0 Å². The van der Waals surface area contributed by atoms with Crippen LogP contribution in [-0.4, -0.2) is 11.9 Å². The lowest BCUT2D eigenvalue weighted by molar-refractivity contribution is -0.122. The van der Waals surface area contributed by atoms with E-state index in [2.05, 4.69) is 5.32 Å². The van der Waals surface area contributed by atoms with Crippen LogP contribution in [0.4, 0.5) is 4.39 Å². The molecular formula is C14H21FN2O. The maximum absolute atomic E-state index is 12.8. The Bertz CT molecular complexity index is 389. The minimum Gasteiger partial charge on any atom is -0.350 e. The Hall–Kier alpha value is -1.42. The van der Waals surface area contributed by atoms with Crippen molar-refractivity contribution in [2.75, 3.05) is 0 Å². The molecule has 0 saturated carbocycles. The van der Waals surface area contributed by atoms with Crippen LogP contribution in [0.25, 0.3) is 0 Å². The zero-order valence-corrected chi connectivity index (χ0v) is 11.1. The number of hydrogen-bond donors (Lipinski definition) is 2. The van der Waals surface area contributed by atoms with Crippen LogP contribution >= 0.6 is 0 Å². The van der Waals surface area contributed by atoms with Crippen LogP contribution in [0.15, 0.2) is 24.3 Å². The molecule has 1 unspecified atom stereocenters. The van der Waals surface area contributed by atoms with Crippen molar-refractivity contribution in [2.45, 2.75) is 39.3 Å². The molecule has 1 aromatic carbocycles. The van der Waals surface area contributed by atoms with Crippen LogP contribution in [0.1, 0.15) is 38.8 Å². The van der Waals surface area contributed by atoms with Crippen molar-refractivity contribution in [1.82, 2.24) is 5.32 Å². The number of hydrogen-bond acceptors (Lipinski definition) is 2. The number of benzene rings is 1. The van der Waals surface area contributed by atoms with Crippen molar-refractivity contribution in [1.29, 1.82) is 0 Å². The molecule has 0 saturated heterocycles. The van der Waals surface area contributed by atoms with Gasteiger partial charge in [0.15, 0.2) is 0 Å². The van der Waals surface area contributed by atoms with E-state index in [1.54, 1.807) is 12.1 Å². The van der Waals surface area contributed by atoms with Crippen molar-refractivity contribution in [3.63, 3.8) is 0 Å². The van der Waals surface area contributed by atoms with Crippen LogP contribution < -0.4 is 11.1 Å². The van der Waals surface area contributed by atoms with Gasteiger partial charge in [0, 0.05) is 12.5 Å². The Labute approximate surface area is 108 Å². The lowest BCUT2D eigenvalue weighted by Crippen LogP contribution is -2.35. The standard InChI is InChI=1S/C14H21FN2O/c1-9(2)13(16)8-14(18)17-10(3)11-4-6-12(15)7-5-11/h4-7,9-10,13H,8,16H2,1-3H3,(H,17,18)/t10-,13?/m0/s1. The molecule has 3 N–H and O–H groups in total. The van der Waals surface area contributed by atoms with Crippen molar-refractivity contribution < 1.29 is 9.18 Å². The Morgan fingerprint density at radius 3 is 2.33 bits per heavy atom. The lowest BCUT2D eigenvalue weighted by atomic mass is 10.0. The first kappa shape index (κ1) is 14.6. The number of nitrogens with two attached hydrogens (primary N) is 1. The number of nitrogens with one attached hydrogen (secondary N) is 1. The Morgan fingerprint density at radius 1 is 1.28 bits per heavy atom. The highest BCUT2D eigenvalue weighted by Gasteiger charge is 2.15. The van der Waals surface area contributed by atoms with E-state index in [0.717, 1.165) is 5.56 Å². The van der Waals surface area contributed by atoms with Crippen LogP contribution in [-0.2, 0) is 4.79 Å². The van der Waals surface area contributed by atoms with E-state index in [0.29, 0.717) is 6.42 Å². The molecule has 1 aromatic rings. The minimum atomic E-state index is -0.279. The molecule has 0 aliphatic heterocycles. The van der Waals surface area contributed by atoms with Gasteiger partial charge in [0.25, 0.3) is 0 Å². The van der Waals surface area contributed by atoms with Gasteiger partial charge >= 0.3 is 0 Å². The number of halogens is 1. The third-order valence-electron chi connectivity index (χ3n) is 3.02. The molecule has 0 heterocycles. The number of amides is 1. The van der Waals surface area contributed by atoms with Gasteiger partial charge in [0.2, 0.25) is 5.91 Å². The molecule has 2 atom stereocenters. The molecule has 100 valence electrons. The summed E-state index contributed by atoms with van der Waals surface area (Å²) in [5.41, 5.74) is 6.72. The molecule has 1 amide bonds. The first-order valence-corrected chi connectivity index (χ1v) is 6.20. The Balaban J connectivity index is 2.51. The Kier molecular flexibility index (Phi) is 5.28. The van der Waals surface area contributed by atoms with E-state index in [-0.39, 0.29) is 29.7 Å². The highest BCUT2D eigenvalue weighted by Crippen LogP contribution is 2.13. The average molecular weight is 252 g/mol. The van der Waals surface area contributed by atoms with Gasteiger partial charge in [-0.15, -0.1) is 0 Å². The predicted molar refractivity (Wildman–Crippen MR) is 70.4 cm³/mol. The van der Waals surface area contributed by atoms with E-state index in [1.165, 1.54) is 12.1 Å². The predicted octanol–water partition coefficient (Wildman–Crippen LogP) is 2.38. The molecular weight excluding hydrogens is 231 g/mol. The second-order valence-electron chi connectivity index (χ2n) is 4.95. The smallest absolute Gasteiger partial charge is 0.222 e. The van der Waals surface area contributed by atoms with E-state index >= 15 is 0 Å². The Morgan fingerprint density at radius 2 is 1.83 bits per heavy atom. The van der Waals surface area contributed by atoms with Gasteiger partial charge in [0.1, 0.15) is 5.82 Å². The van der Waals surface area contributed by atoms with Crippen LogP contribution in [0.2, 0.25) is 0 Å². The van der Waals surface area contributed by atoms with E-state index in [9.17, 15) is 9.18 Å². The summed E-state index contributed by atoms with van der Waals surface area (Å²) in [6, 6.07) is 5.84. The number of carbonyl (C=O) groups excluding carboxylic acids is 1. The monoisotopic (exact) mass is 252 g/mol. The van der Waals surface area contributed by atoms with Crippen molar-refractivity contribution in [2.24, 2.45) is 11.7 Å². The minimum absolute atomic E-state index is 0.0759. The third kappa shape index (κ3) is 4.45. The molecule has 0 aliphatic rings. The second-order valence-corrected chi connectivity index (χ2v) is 4.95. The molecule has 0 bridgehead atoms. The molecule has 0 spiro atoms. The van der Waals surface area contributed by atoms with E-state index in [1.807, 2.05) is 20.8 Å². The largest absolute Gasteiger partial charge is 0.350 e. The van der Waals surface area contributed by atoms with Gasteiger partial charge in [-0.3, -0.25) is 4.79 Å². The molecule has 0 radical (unpaired) electrons. The molecule has 4 heteroatoms.